The van der Waals surface area contributed by atoms with Crippen LogP contribution in [0.4, 0.5) is 10.5 Å². The molecule has 0 aliphatic carbocycles. The number of hydrogen-bond acceptors (Lipinski definition) is 2. The third kappa shape index (κ3) is 5.45. The van der Waals surface area contributed by atoms with Crippen LogP contribution in [-0.2, 0) is 0 Å². The monoisotopic (exact) mass is 260 g/mol. The topological polar surface area (TPSA) is 61.4 Å². The number of aryl methyl sites for hydroxylation is 1. The molecule has 3 N–H and O–H groups in total. The number of carbonyl (C=O) groups is 1. The number of unbranched alkanes of at least 4 members (excludes halogenated alkanes) is 1. The highest BCUT2D eigenvalue weighted by Gasteiger charge is 2.04. The van der Waals surface area contributed by atoms with Crippen molar-refractivity contribution in [1.82, 2.24) is 5.32 Å². The number of aliphatic hydroxyl groups is 1. The predicted molar refractivity (Wildman–Crippen MR) is 77.1 cm³/mol. The number of aliphatic hydroxyl groups excluding tert-OH is 1. The second kappa shape index (κ2) is 8.17. The highest BCUT2D eigenvalue weighted by molar-refractivity contribution is 5.90. The molecule has 1 rings (SSSR count). The van der Waals surface area contributed by atoms with Gasteiger partial charge in [-0.2, -0.15) is 0 Å². The van der Waals surface area contributed by atoms with Gasteiger partial charge in [-0.15, -0.1) is 0 Å². The maximum atomic E-state index is 11.7. The van der Waals surface area contributed by atoms with Crippen LogP contribution in [0.3, 0.4) is 0 Å². The van der Waals surface area contributed by atoms with E-state index in [-0.39, 0.29) is 12.6 Å². The van der Waals surface area contributed by atoms with Crippen molar-refractivity contribution in [1.29, 1.82) is 0 Å². The summed E-state index contributed by atoms with van der Waals surface area (Å²) >= 11 is 0. The van der Waals surface area contributed by atoms with Crippen molar-refractivity contribution in [3.8, 4) is 11.8 Å². The summed E-state index contributed by atoms with van der Waals surface area (Å²) in [6, 6.07) is 5.35. The summed E-state index contributed by atoms with van der Waals surface area (Å²) in [6.07, 6.45) is 2.01. The number of carbonyl (C=O) groups excluding carboxylic acids is 1. The lowest BCUT2D eigenvalue weighted by atomic mass is 10.1. The van der Waals surface area contributed by atoms with Crippen LogP contribution < -0.4 is 10.6 Å². The molecule has 0 aliphatic heterocycles. The molecule has 0 unspecified atom stereocenters. The Labute approximate surface area is 114 Å². The van der Waals surface area contributed by atoms with Crippen molar-refractivity contribution < 1.29 is 9.90 Å². The SMILES string of the molecule is CCCCNC(=O)Nc1cc(C#CCO)ccc1C. The van der Waals surface area contributed by atoms with Crippen LogP contribution in [0.15, 0.2) is 18.2 Å². The summed E-state index contributed by atoms with van der Waals surface area (Å²) in [5.74, 6) is 5.40. The molecule has 0 heterocycles. The van der Waals surface area contributed by atoms with Crippen LogP contribution in [0.1, 0.15) is 30.9 Å². The quantitative estimate of drug-likeness (QED) is 0.574. The molecule has 0 saturated heterocycles. The number of amides is 2. The molecule has 0 radical (unpaired) electrons. The highest BCUT2D eigenvalue weighted by Crippen LogP contribution is 2.16. The molecule has 2 amide bonds. The number of urea groups is 1. The minimum Gasteiger partial charge on any atom is -0.384 e. The Morgan fingerprint density at radius 2 is 2.21 bits per heavy atom. The predicted octanol–water partition coefficient (Wildman–Crippen LogP) is 2.26. The Balaban J connectivity index is 2.68. The van der Waals surface area contributed by atoms with Gasteiger partial charge in [-0.05, 0) is 31.0 Å². The minimum atomic E-state index is -0.205. The Bertz CT molecular complexity index is 487. The fourth-order valence-electron chi connectivity index (χ4n) is 1.52. The maximum Gasteiger partial charge on any atom is 0.319 e. The summed E-state index contributed by atoms with van der Waals surface area (Å²) in [6.45, 7) is 4.50. The zero-order valence-corrected chi connectivity index (χ0v) is 11.4. The van der Waals surface area contributed by atoms with Gasteiger partial charge in [0.1, 0.15) is 6.61 Å². The van der Waals surface area contributed by atoms with E-state index in [1.54, 1.807) is 6.07 Å². The standard InChI is InChI=1S/C15H20N2O2/c1-3-4-9-16-15(19)17-14-11-13(6-5-10-18)8-7-12(14)2/h7-8,11,18H,3-4,9-10H2,1-2H3,(H2,16,17,19). The van der Waals surface area contributed by atoms with Crippen LogP contribution in [0.25, 0.3) is 0 Å². The lowest BCUT2D eigenvalue weighted by molar-refractivity contribution is 0.252. The Kier molecular flexibility index (Phi) is 6.48. The minimum absolute atomic E-state index is 0.172. The number of rotatable bonds is 4. The molecule has 102 valence electrons. The van der Waals surface area contributed by atoms with Gasteiger partial charge in [0, 0.05) is 17.8 Å². The first-order chi connectivity index (χ1) is 9.17. The van der Waals surface area contributed by atoms with E-state index in [4.69, 9.17) is 5.11 Å². The molecule has 0 fully saturated rings. The largest absolute Gasteiger partial charge is 0.384 e. The first-order valence-electron chi connectivity index (χ1n) is 6.42. The second-order valence-corrected chi connectivity index (χ2v) is 4.22. The summed E-state index contributed by atoms with van der Waals surface area (Å²) in [5.41, 5.74) is 2.47. The van der Waals surface area contributed by atoms with Crippen molar-refractivity contribution in [2.75, 3.05) is 18.5 Å². The van der Waals surface area contributed by atoms with Crippen LogP contribution >= 0.6 is 0 Å². The van der Waals surface area contributed by atoms with Crippen LogP contribution in [0.2, 0.25) is 0 Å². The third-order valence-corrected chi connectivity index (χ3v) is 2.61. The number of nitrogens with one attached hydrogen (secondary N) is 2. The number of hydrogen-bond donors (Lipinski definition) is 3. The lowest BCUT2D eigenvalue weighted by Gasteiger charge is -2.10. The molecular formula is C15H20N2O2. The average Bonchev–Trinajstić information content (AvgIpc) is 2.40. The third-order valence-electron chi connectivity index (χ3n) is 2.61. The maximum absolute atomic E-state index is 11.7. The van der Waals surface area contributed by atoms with Gasteiger partial charge in [0.2, 0.25) is 0 Å². The smallest absolute Gasteiger partial charge is 0.319 e. The van der Waals surface area contributed by atoms with Crippen molar-refractivity contribution >= 4 is 11.7 Å². The molecule has 1 aromatic carbocycles. The van der Waals surface area contributed by atoms with Gasteiger partial charge < -0.3 is 15.7 Å². The molecule has 1 aromatic rings. The fraction of sp³-hybridized carbons (Fsp3) is 0.400. The molecule has 0 atom stereocenters. The Morgan fingerprint density at radius 3 is 2.89 bits per heavy atom. The van der Waals surface area contributed by atoms with Gasteiger partial charge in [-0.1, -0.05) is 31.3 Å². The van der Waals surface area contributed by atoms with Gasteiger partial charge >= 0.3 is 6.03 Å². The highest BCUT2D eigenvalue weighted by atomic mass is 16.2. The zero-order chi connectivity index (χ0) is 14.1. The summed E-state index contributed by atoms with van der Waals surface area (Å²) < 4.78 is 0. The number of benzene rings is 1. The van der Waals surface area contributed by atoms with Crippen molar-refractivity contribution in [2.45, 2.75) is 26.7 Å². The van der Waals surface area contributed by atoms with E-state index >= 15 is 0 Å². The molecule has 19 heavy (non-hydrogen) atoms. The summed E-state index contributed by atoms with van der Waals surface area (Å²) in [4.78, 5) is 11.7. The van der Waals surface area contributed by atoms with Crippen molar-refractivity contribution in [3.63, 3.8) is 0 Å². The van der Waals surface area contributed by atoms with Gasteiger partial charge in [0.25, 0.3) is 0 Å². The van der Waals surface area contributed by atoms with Crippen LogP contribution in [0, 0.1) is 18.8 Å². The molecule has 4 heteroatoms. The molecular weight excluding hydrogens is 240 g/mol. The van der Waals surface area contributed by atoms with Gasteiger partial charge in [0.15, 0.2) is 0 Å². The summed E-state index contributed by atoms with van der Waals surface area (Å²) in [5, 5.41) is 14.3. The van der Waals surface area contributed by atoms with E-state index in [1.807, 2.05) is 19.1 Å². The van der Waals surface area contributed by atoms with E-state index in [1.165, 1.54) is 0 Å². The Hall–Kier alpha value is -1.99. The molecule has 0 spiro atoms. The molecule has 0 aliphatic rings. The Morgan fingerprint density at radius 1 is 1.42 bits per heavy atom. The zero-order valence-electron chi connectivity index (χ0n) is 11.4. The van der Waals surface area contributed by atoms with Gasteiger partial charge in [0.05, 0.1) is 0 Å². The molecule has 0 aromatic heterocycles. The average molecular weight is 260 g/mol. The van der Waals surface area contributed by atoms with E-state index in [2.05, 4.69) is 29.4 Å². The van der Waals surface area contributed by atoms with Gasteiger partial charge in [-0.3, -0.25) is 0 Å². The van der Waals surface area contributed by atoms with Gasteiger partial charge in [-0.25, -0.2) is 4.79 Å². The molecule has 0 saturated carbocycles. The first kappa shape index (κ1) is 15.1. The van der Waals surface area contributed by atoms with Crippen LogP contribution in [0.5, 0.6) is 0 Å². The van der Waals surface area contributed by atoms with Crippen LogP contribution in [-0.4, -0.2) is 24.3 Å². The van der Waals surface area contributed by atoms with E-state index in [0.29, 0.717) is 6.54 Å². The first-order valence-corrected chi connectivity index (χ1v) is 6.42. The number of anilines is 1. The molecule has 4 nitrogen and oxygen atoms in total. The van der Waals surface area contributed by atoms with Crippen molar-refractivity contribution in [2.24, 2.45) is 0 Å². The van der Waals surface area contributed by atoms with Crippen molar-refractivity contribution in [3.05, 3.63) is 29.3 Å². The molecule has 0 bridgehead atoms. The van der Waals surface area contributed by atoms with E-state index < -0.39 is 0 Å². The fourth-order valence-corrected chi connectivity index (χ4v) is 1.52. The summed E-state index contributed by atoms with van der Waals surface area (Å²) in [7, 11) is 0. The second-order valence-electron chi connectivity index (χ2n) is 4.22. The van der Waals surface area contributed by atoms with E-state index in [9.17, 15) is 4.79 Å². The lowest BCUT2D eigenvalue weighted by Crippen LogP contribution is -2.29. The van der Waals surface area contributed by atoms with E-state index in [0.717, 1.165) is 29.7 Å². The normalized spacial score (nSPS) is 9.42.